The highest BCUT2D eigenvalue weighted by Gasteiger charge is 2.47. The fraction of sp³-hybridized carbons (Fsp3) is 0.306. The van der Waals surface area contributed by atoms with Crippen LogP contribution < -0.4 is 15.2 Å². The number of ether oxygens (including phenoxy) is 3. The highest BCUT2D eigenvalue weighted by atomic mass is 19.3. The first-order valence-corrected chi connectivity index (χ1v) is 15.4. The van der Waals surface area contributed by atoms with Crippen molar-refractivity contribution in [2.45, 2.75) is 57.8 Å². The fourth-order valence-electron chi connectivity index (χ4n) is 5.65. The summed E-state index contributed by atoms with van der Waals surface area (Å²) in [5.74, 6) is -3.86. The van der Waals surface area contributed by atoms with Crippen LogP contribution in [0.15, 0.2) is 95.8 Å². The van der Waals surface area contributed by atoms with Crippen LogP contribution in [0.1, 0.15) is 49.8 Å². The van der Waals surface area contributed by atoms with Gasteiger partial charge in [-0.15, -0.1) is 0 Å². The van der Waals surface area contributed by atoms with E-state index in [4.69, 9.17) is 14.2 Å². The Kier molecular flexibility index (Phi) is 8.72. The first-order chi connectivity index (χ1) is 22.5. The summed E-state index contributed by atoms with van der Waals surface area (Å²) in [7, 11) is 0. The summed E-state index contributed by atoms with van der Waals surface area (Å²) in [6, 6.07) is 27.4. The first kappa shape index (κ1) is 31.8. The Bertz CT molecular complexity index is 1920. The third-order valence-corrected chi connectivity index (χ3v) is 7.86. The number of imidazole rings is 1. The van der Waals surface area contributed by atoms with Gasteiger partial charge in [-0.3, -0.25) is 4.57 Å². The van der Waals surface area contributed by atoms with E-state index in [0.29, 0.717) is 34.8 Å². The second kappa shape index (κ2) is 12.9. The second-order valence-electron chi connectivity index (χ2n) is 12.6. The quantitative estimate of drug-likeness (QED) is 0.192. The fourth-order valence-corrected chi connectivity index (χ4v) is 5.65. The molecule has 3 aromatic carbocycles. The minimum Gasteiger partial charge on any atom is -0.473 e. The van der Waals surface area contributed by atoms with E-state index in [-0.39, 0.29) is 25.5 Å². The molecule has 0 aliphatic carbocycles. The summed E-state index contributed by atoms with van der Waals surface area (Å²) in [5, 5.41) is 0. The molecule has 1 fully saturated rings. The molecule has 5 aromatic rings. The number of halogens is 2. The third kappa shape index (κ3) is 7.29. The molecule has 0 saturated carbocycles. The lowest BCUT2D eigenvalue weighted by atomic mass is 9.86. The summed E-state index contributed by atoms with van der Waals surface area (Å²) in [6.45, 7) is 4.94. The third-order valence-electron chi connectivity index (χ3n) is 7.86. The van der Waals surface area contributed by atoms with Crippen LogP contribution in [0.2, 0.25) is 0 Å². The molecule has 6 rings (SSSR count). The molecular formula is C36H36F2N4O5. The van der Waals surface area contributed by atoms with Gasteiger partial charge in [0.05, 0.1) is 23.5 Å². The SMILES string of the molecule is CC(C)(C)OC(=O)N1CCC(c2ccc3c(c2)[nH]c(=O)n3-c2ccc(OCc3ccccc3)nc2OCc2ccccc2)C(F)(F)C1. The predicted octanol–water partition coefficient (Wildman–Crippen LogP) is 7.23. The molecule has 0 spiro atoms. The number of likely N-dealkylation sites (tertiary alicyclic amines) is 1. The van der Waals surface area contributed by atoms with E-state index in [1.54, 1.807) is 51.1 Å². The maximum Gasteiger partial charge on any atom is 0.410 e. The van der Waals surface area contributed by atoms with Crippen LogP contribution in [0.25, 0.3) is 16.7 Å². The molecule has 1 N–H and O–H groups in total. The Morgan fingerprint density at radius 1 is 0.936 bits per heavy atom. The van der Waals surface area contributed by atoms with E-state index >= 15 is 8.78 Å². The highest BCUT2D eigenvalue weighted by molar-refractivity contribution is 5.79. The maximum atomic E-state index is 15.5. The highest BCUT2D eigenvalue weighted by Crippen LogP contribution is 2.41. The average molecular weight is 643 g/mol. The van der Waals surface area contributed by atoms with Crippen LogP contribution in [0.3, 0.4) is 0 Å². The van der Waals surface area contributed by atoms with Gasteiger partial charge in [0.2, 0.25) is 11.8 Å². The number of fused-ring (bicyclic) bond motifs is 1. The van der Waals surface area contributed by atoms with E-state index in [0.717, 1.165) is 16.0 Å². The van der Waals surface area contributed by atoms with Crippen LogP contribution in [-0.4, -0.2) is 50.1 Å². The molecule has 11 heteroatoms. The van der Waals surface area contributed by atoms with Gasteiger partial charge in [0, 0.05) is 12.6 Å². The zero-order valence-corrected chi connectivity index (χ0v) is 26.4. The van der Waals surface area contributed by atoms with Crippen molar-refractivity contribution >= 4 is 17.1 Å². The minimum absolute atomic E-state index is 0.0362. The number of aromatic nitrogens is 3. The predicted molar refractivity (Wildman–Crippen MR) is 173 cm³/mol. The van der Waals surface area contributed by atoms with Crippen molar-refractivity contribution in [1.82, 2.24) is 19.4 Å². The molecule has 1 amide bonds. The van der Waals surface area contributed by atoms with Gasteiger partial charge in [-0.1, -0.05) is 66.7 Å². The number of piperidine rings is 1. The molecule has 2 aromatic heterocycles. The monoisotopic (exact) mass is 642 g/mol. The Balaban J connectivity index is 1.29. The van der Waals surface area contributed by atoms with Crippen molar-refractivity contribution in [2.75, 3.05) is 13.1 Å². The topological polar surface area (TPSA) is 98.7 Å². The Labute approximate surface area is 270 Å². The van der Waals surface area contributed by atoms with Gasteiger partial charge in [-0.2, -0.15) is 4.98 Å². The Hall–Kier alpha value is -5.19. The lowest BCUT2D eigenvalue weighted by Gasteiger charge is -2.39. The number of benzene rings is 3. The lowest BCUT2D eigenvalue weighted by Crippen LogP contribution is -2.50. The van der Waals surface area contributed by atoms with E-state index in [1.165, 1.54) is 4.57 Å². The van der Waals surface area contributed by atoms with E-state index in [9.17, 15) is 9.59 Å². The molecule has 1 aliphatic heterocycles. The normalized spacial score (nSPS) is 16.2. The lowest BCUT2D eigenvalue weighted by molar-refractivity contribution is -0.0848. The summed E-state index contributed by atoms with van der Waals surface area (Å²) >= 11 is 0. The van der Waals surface area contributed by atoms with Crippen molar-refractivity contribution in [2.24, 2.45) is 0 Å². The van der Waals surface area contributed by atoms with Crippen molar-refractivity contribution in [3.05, 3.63) is 118 Å². The molecule has 47 heavy (non-hydrogen) atoms. The summed E-state index contributed by atoms with van der Waals surface area (Å²) in [5.41, 5.74) is 2.20. The van der Waals surface area contributed by atoms with E-state index in [2.05, 4.69) is 9.97 Å². The van der Waals surface area contributed by atoms with Crippen LogP contribution in [0, 0.1) is 0 Å². The van der Waals surface area contributed by atoms with E-state index in [1.807, 2.05) is 60.7 Å². The smallest absolute Gasteiger partial charge is 0.410 e. The number of hydrogen-bond donors (Lipinski definition) is 1. The van der Waals surface area contributed by atoms with Crippen LogP contribution >= 0.6 is 0 Å². The maximum absolute atomic E-state index is 15.5. The number of alkyl halides is 2. The van der Waals surface area contributed by atoms with Crippen LogP contribution in [0.4, 0.5) is 13.6 Å². The van der Waals surface area contributed by atoms with Gasteiger partial charge in [0.15, 0.2) is 0 Å². The Morgan fingerprint density at radius 2 is 1.60 bits per heavy atom. The number of amides is 1. The number of H-pyrrole nitrogens is 1. The van der Waals surface area contributed by atoms with Gasteiger partial charge < -0.3 is 24.1 Å². The molecule has 1 atom stereocenters. The van der Waals surface area contributed by atoms with Crippen molar-refractivity contribution < 1.29 is 27.8 Å². The molecular weight excluding hydrogens is 606 g/mol. The summed E-state index contributed by atoms with van der Waals surface area (Å²) < 4.78 is 49.7. The number of carbonyl (C=O) groups is 1. The van der Waals surface area contributed by atoms with Gasteiger partial charge in [0.25, 0.3) is 5.92 Å². The van der Waals surface area contributed by atoms with Crippen molar-refractivity contribution in [3.63, 3.8) is 0 Å². The van der Waals surface area contributed by atoms with Crippen molar-refractivity contribution in [3.8, 4) is 17.4 Å². The largest absolute Gasteiger partial charge is 0.473 e. The van der Waals surface area contributed by atoms with Crippen LogP contribution in [0.5, 0.6) is 11.8 Å². The minimum atomic E-state index is -3.20. The van der Waals surface area contributed by atoms with Gasteiger partial charge in [0.1, 0.15) is 24.5 Å². The molecule has 244 valence electrons. The molecule has 9 nitrogen and oxygen atoms in total. The average Bonchev–Trinajstić information content (AvgIpc) is 3.37. The molecule has 1 saturated heterocycles. The summed E-state index contributed by atoms with van der Waals surface area (Å²) in [6.07, 6.45) is -0.725. The molecule has 0 bridgehead atoms. The summed E-state index contributed by atoms with van der Waals surface area (Å²) in [4.78, 5) is 34.3. The second-order valence-corrected chi connectivity index (χ2v) is 12.6. The first-order valence-electron chi connectivity index (χ1n) is 15.4. The van der Waals surface area contributed by atoms with E-state index < -0.39 is 35.8 Å². The van der Waals surface area contributed by atoms with Gasteiger partial charge >= 0.3 is 11.8 Å². The number of pyridine rings is 1. The molecule has 3 heterocycles. The molecule has 1 aliphatic rings. The van der Waals surface area contributed by atoms with Crippen LogP contribution in [-0.2, 0) is 18.0 Å². The van der Waals surface area contributed by atoms with Gasteiger partial charge in [-0.25, -0.2) is 18.4 Å². The number of rotatable bonds is 8. The number of hydrogen-bond acceptors (Lipinski definition) is 6. The zero-order valence-electron chi connectivity index (χ0n) is 26.4. The van der Waals surface area contributed by atoms with Gasteiger partial charge in [-0.05, 0) is 62.1 Å². The Morgan fingerprint density at radius 3 is 2.23 bits per heavy atom. The number of nitrogens with one attached hydrogen (secondary N) is 1. The number of carbonyl (C=O) groups excluding carboxylic acids is 1. The molecule has 0 radical (unpaired) electrons. The number of nitrogens with zero attached hydrogens (tertiary/aromatic N) is 3. The molecule has 1 unspecified atom stereocenters. The standard InChI is InChI=1S/C36H36F2N4O5/c1-35(2,3)47-34(44)41-19-18-27(36(37,38)23-41)26-14-15-29-28(20-26)39-33(43)42(29)30-16-17-31(45-21-24-10-6-4-7-11-24)40-32(30)46-22-25-12-8-5-9-13-25/h4-17,20,27H,18-19,21-23H2,1-3H3,(H,39,43). The van der Waals surface area contributed by atoms with Crippen molar-refractivity contribution in [1.29, 1.82) is 0 Å². The zero-order chi connectivity index (χ0) is 33.2. The number of aromatic amines is 1.